The van der Waals surface area contributed by atoms with Gasteiger partial charge in [-0.05, 0) is 31.4 Å². The summed E-state index contributed by atoms with van der Waals surface area (Å²) in [6, 6.07) is 10.4. The maximum absolute atomic E-state index is 5.99. The molecule has 0 amide bonds. The monoisotopic (exact) mass is 263 g/mol. The number of nitrogens with two attached hydrogens (primary N) is 1. The molecule has 1 fully saturated rings. The summed E-state index contributed by atoms with van der Waals surface area (Å²) in [5, 5.41) is 0. The number of hydrogen-bond donors (Lipinski definition) is 1. The summed E-state index contributed by atoms with van der Waals surface area (Å²) in [5.74, 6) is 1.71. The Balaban J connectivity index is 1.70. The van der Waals surface area contributed by atoms with Gasteiger partial charge in [0.1, 0.15) is 0 Å². The van der Waals surface area contributed by atoms with Crippen molar-refractivity contribution in [2.45, 2.75) is 24.2 Å². The third kappa shape index (κ3) is 4.26. The molecule has 1 aromatic carbocycles. The van der Waals surface area contributed by atoms with Gasteiger partial charge in [0, 0.05) is 23.7 Å². The van der Waals surface area contributed by atoms with Crippen molar-refractivity contribution in [2.75, 3.05) is 25.4 Å². The molecule has 0 bridgehead atoms. The zero-order valence-electron chi connectivity index (χ0n) is 10.7. The molecule has 1 aromatic rings. The standard InChI is InChI=1S/C14H21N3S/c15-14(17-10-5-2-6-11-17)16-9-12-18-13-7-3-1-4-8-13/h1,3-4,7-8H,2,5-6,9-12H2,(H2,15,16). The highest BCUT2D eigenvalue weighted by molar-refractivity contribution is 7.99. The van der Waals surface area contributed by atoms with Gasteiger partial charge in [-0.25, -0.2) is 0 Å². The molecule has 0 aliphatic carbocycles. The molecule has 98 valence electrons. The topological polar surface area (TPSA) is 41.6 Å². The normalized spacial score (nSPS) is 16.9. The molecular formula is C14H21N3S. The molecule has 0 saturated carbocycles. The Hall–Kier alpha value is -1.16. The lowest BCUT2D eigenvalue weighted by Gasteiger charge is -2.27. The van der Waals surface area contributed by atoms with Gasteiger partial charge in [-0.2, -0.15) is 0 Å². The number of piperidine rings is 1. The van der Waals surface area contributed by atoms with Crippen LogP contribution < -0.4 is 5.73 Å². The van der Waals surface area contributed by atoms with Gasteiger partial charge in [0.2, 0.25) is 0 Å². The second kappa shape index (κ2) is 7.31. The lowest BCUT2D eigenvalue weighted by Crippen LogP contribution is -2.41. The molecule has 3 nitrogen and oxygen atoms in total. The molecule has 0 unspecified atom stereocenters. The van der Waals surface area contributed by atoms with E-state index < -0.39 is 0 Å². The molecule has 0 radical (unpaired) electrons. The third-order valence-corrected chi connectivity index (χ3v) is 4.05. The molecule has 4 heteroatoms. The van der Waals surface area contributed by atoms with Crippen molar-refractivity contribution in [3.05, 3.63) is 30.3 Å². The van der Waals surface area contributed by atoms with Crippen LogP contribution in [-0.4, -0.2) is 36.2 Å². The molecule has 1 saturated heterocycles. The average molecular weight is 263 g/mol. The number of thioether (sulfide) groups is 1. The fraction of sp³-hybridized carbons (Fsp3) is 0.500. The molecule has 1 aliphatic rings. The van der Waals surface area contributed by atoms with E-state index in [9.17, 15) is 0 Å². The molecule has 0 aromatic heterocycles. The van der Waals surface area contributed by atoms with Gasteiger partial charge in [0.15, 0.2) is 5.96 Å². The number of guanidine groups is 1. The van der Waals surface area contributed by atoms with Crippen LogP contribution in [0.1, 0.15) is 19.3 Å². The maximum Gasteiger partial charge on any atom is 0.191 e. The van der Waals surface area contributed by atoms with Crippen LogP contribution >= 0.6 is 11.8 Å². The van der Waals surface area contributed by atoms with Crippen LogP contribution in [0.15, 0.2) is 40.2 Å². The molecule has 18 heavy (non-hydrogen) atoms. The Morgan fingerprint density at radius 2 is 1.89 bits per heavy atom. The second-order valence-corrected chi connectivity index (χ2v) is 5.62. The molecule has 2 rings (SSSR count). The van der Waals surface area contributed by atoms with E-state index in [-0.39, 0.29) is 0 Å². The summed E-state index contributed by atoms with van der Waals surface area (Å²) >= 11 is 1.83. The van der Waals surface area contributed by atoms with Crippen LogP contribution in [-0.2, 0) is 0 Å². The minimum Gasteiger partial charge on any atom is -0.370 e. The first-order valence-electron chi connectivity index (χ1n) is 6.59. The summed E-state index contributed by atoms with van der Waals surface area (Å²) in [5.41, 5.74) is 5.99. The Bertz CT molecular complexity index is 372. The van der Waals surface area contributed by atoms with E-state index in [1.807, 2.05) is 17.8 Å². The molecule has 2 N–H and O–H groups in total. The number of rotatable bonds is 4. The first-order chi connectivity index (χ1) is 8.86. The van der Waals surface area contributed by atoms with E-state index in [4.69, 9.17) is 5.73 Å². The van der Waals surface area contributed by atoms with Gasteiger partial charge in [0.25, 0.3) is 0 Å². The minimum atomic E-state index is 0.725. The van der Waals surface area contributed by atoms with Crippen molar-refractivity contribution in [1.29, 1.82) is 0 Å². The largest absolute Gasteiger partial charge is 0.370 e. The zero-order valence-corrected chi connectivity index (χ0v) is 11.5. The Labute approximate surface area is 113 Å². The maximum atomic E-state index is 5.99. The quantitative estimate of drug-likeness (QED) is 0.393. The molecule has 1 aliphatic heterocycles. The van der Waals surface area contributed by atoms with Gasteiger partial charge < -0.3 is 10.6 Å². The molecular weight excluding hydrogens is 242 g/mol. The van der Waals surface area contributed by atoms with Crippen LogP contribution in [0.5, 0.6) is 0 Å². The first-order valence-corrected chi connectivity index (χ1v) is 7.57. The summed E-state index contributed by atoms with van der Waals surface area (Å²) in [6.07, 6.45) is 3.82. The van der Waals surface area contributed by atoms with E-state index in [0.29, 0.717) is 0 Å². The highest BCUT2D eigenvalue weighted by Gasteiger charge is 2.11. The summed E-state index contributed by atoms with van der Waals surface area (Å²) in [6.45, 7) is 2.93. The van der Waals surface area contributed by atoms with Crippen LogP contribution in [0, 0.1) is 0 Å². The average Bonchev–Trinajstić information content (AvgIpc) is 2.45. The van der Waals surface area contributed by atoms with E-state index in [1.54, 1.807) is 0 Å². The highest BCUT2D eigenvalue weighted by Crippen LogP contribution is 2.16. The predicted octanol–water partition coefficient (Wildman–Crippen LogP) is 2.58. The molecule has 1 heterocycles. The van der Waals surface area contributed by atoms with Gasteiger partial charge in [-0.15, -0.1) is 11.8 Å². The third-order valence-electron chi connectivity index (χ3n) is 3.06. The van der Waals surface area contributed by atoms with Crippen molar-refractivity contribution in [2.24, 2.45) is 10.7 Å². The van der Waals surface area contributed by atoms with E-state index in [2.05, 4.69) is 34.2 Å². The summed E-state index contributed by atoms with van der Waals surface area (Å²) in [7, 11) is 0. The zero-order chi connectivity index (χ0) is 12.6. The van der Waals surface area contributed by atoms with Gasteiger partial charge in [-0.3, -0.25) is 4.99 Å². The van der Waals surface area contributed by atoms with Crippen molar-refractivity contribution in [1.82, 2.24) is 4.90 Å². The van der Waals surface area contributed by atoms with Crippen LogP contribution in [0.4, 0.5) is 0 Å². The number of benzene rings is 1. The van der Waals surface area contributed by atoms with Crippen LogP contribution in [0.3, 0.4) is 0 Å². The number of aliphatic imine (C=N–C) groups is 1. The van der Waals surface area contributed by atoms with Crippen molar-refractivity contribution >= 4 is 17.7 Å². The fourth-order valence-electron chi connectivity index (χ4n) is 2.06. The number of nitrogens with zero attached hydrogens (tertiary/aromatic N) is 2. The predicted molar refractivity (Wildman–Crippen MR) is 79.1 cm³/mol. The van der Waals surface area contributed by atoms with Gasteiger partial charge >= 0.3 is 0 Å². The Morgan fingerprint density at radius 3 is 2.61 bits per heavy atom. The first kappa shape index (κ1) is 13.3. The highest BCUT2D eigenvalue weighted by atomic mass is 32.2. The van der Waals surface area contributed by atoms with Gasteiger partial charge in [0.05, 0.1) is 6.54 Å². The van der Waals surface area contributed by atoms with Crippen molar-refractivity contribution in [3.63, 3.8) is 0 Å². The van der Waals surface area contributed by atoms with E-state index in [0.717, 1.165) is 31.3 Å². The second-order valence-electron chi connectivity index (χ2n) is 4.45. The fourth-order valence-corrected chi connectivity index (χ4v) is 2.83. The summed E-state index contributed by atoms with van der Waals surface area (Å²) < 4.78 is 0. The van der Waals surface area contributed by atoms with Crippen molar-refractivity contribution in [3.8, 4) is 0 Å². The SMILES string of the molecule is NC(=NCCSc1ccccc1)N1CCCCC1. The van der Waals surface area contributed by atoms with Crippen molar-refractivity contribution < 1.29 is 0 Å². The van der Waals surface area contributed by atoms with Crippen LogP contribution in [0.25, 0.3) is 0 Å². The number of likely N-dealkylation sites (tertiary alicyclic amines) is 1. The van der Waals surface area contributed by atoms with Crippen LogP contribution in [0.2, 0.25) is 0 Å². The van der Waals surface area contributed by atoms with E-state index >= 15 is 0 Å². The molecule has 0 spiro atoms. The summed E-state index contributed by atoms with van der Waals surface area (Å²) in [4.78, 5) is 7.96. The smallest absolute Gasteiger partial charge is 0.191 e. The lowest BCUT2D eigenvalue weighted by atomic mass is 10.1. The Morgan fingerprint density at radius 1 is 1.17 bits per heavy atom. The minimum absolute atomic E-state index is 0.725. The van der Waals surface area contributed by atoms with Gasteiger partial charge in [-0.1, -0.05) is 18.2 Å². The Kier molecular flexibility index (Phi) is 5.39. The lowest BCUT2D eigenvalue weighted by molar-refractivity contribution is 0.338. The number of hydrogen-bond acceptors (Lipinski definition) is 2. The molecule has 0 atom stereocenters. The van der Waals surface area contributed by atoms with E-state index in [1.165, 1.54) is 24.2 Å².